The van der Waals surface area contributed by atoms with E-state index in [0.29, 0.717) is 0 Å². The van der Waals surface area contributed by atoms with E-state index in [1.54, 1.807) is 0 Å². The lowest BCUT2D eigenvalue weighted by molar-refractivity contribution is 1.40. The fourth-order valence-corrected chi connectivity index (χ4v) is 3.90. The molecular formula is C28H20ClN. The third-order valence-electron chi connectivity index (χ3n) is 5.42. The van der Waals surface area contributed by atoms with E-state index in [0.717, 1.165) is 27.2 Å². The second kappa shape index (κ2) is 7.78. The highest BCUT2D eigenvalue weighted by atomic mass is 35.5. The number of pyridine rings is 1. The third kappa shape index (κ3) is 3.60. The molecular weight excluding hydrogens is 386 g/mol. The molecule has 5 rings (SSSR count). The van der Waals surface area contributed by atoms with E-state index in [-0.39, 0.29) is 0 Å². The molecule has 0 saturated carbocycles. The number of hydrogen-bond donors (Lipinski definition) is 0. The number of nitrogens with zero attached hydrogens (tertiary/aromatic N) is 1. The summed E-state index contributed by atoms with van der Waals surface area (Å²) in [5.41, 5.74) is 9.02. The van der Waals surface area contributed by atoms with Gasteiger partial charge < -0.3 is 0 Å². The zero-order valence-electron chi connectivity index (χ0n) is 16.6. The lowest BCUT2D eigenvalue weighted by Crippen LogP contribution is -1.91. The highest BCUT2D eigenvalue weighted by Crippen LogP contribution is 2.34. The van der Waals surface area contributed by atoms with Gasteiger partial charge in [0, 0.05) is 16.0 Å². The number of benzene rings is 4. The predicted molar refractivity (Wildman–Crippen MR) is 128 cm³/mol. The zero-order chi connectivity index (χ0) is 20.5. The van der Waals surface area contributed by atoms with Crippen LogP contribution in [0.15, 0.2) is 103 Å². The molecule has 0 aliphatic rings. The van der Waals surface area contributed by atoms with Crippen molar-refractivity contribution in [2.45, 2.75) is 6.92 Å². The minimum Gasteiger partial charge on any atom is -0.248 e. The highest BCUT2D eigenvalue weighted by Gasteiger charge is 2.11. The van der Waals surface area contributed by atoms with Gasteiger partial charge in [-0.2, -0.15) is 0 Å². The van der Waals surface area contributed by atoms with Crippen LogP contribution in [0.25, 0.3) is 44.4 Å². The molecule has 0 fully saturated rings. The molecule has 0 atom stereocenters. The fraction of sp³-hybridized carbons (Fsp3) is 0.0357. The van der Waals surface area contributed by atoms with E-state index in [1.165, 1.54) is 27.8 Å². The van der Waals surface area contributed by atoms with Crippen LogP contribution in [0.1, 0.15) is 5.56 Å². The van der Waals surface area contributed by atoms with Crippen LogP contribution >= 0.6 is 11.6 Å². The van der Waals surface area contributed by atoms with E-state index in [4.69, 9.17) is 16.6 Å². The minimum atomic E-state index is 0.727. The summed E-state index contributed by atoms with van der Waals surface area (Å²) in [6.07, 6.45) is 0. The van der Waals surface area contributed by atoms with Crippen molar-refractivity contribution in [3.8, 4) is 33.5 Å². The summed E-state index contributed by atoms with van der Waals surface area (Å²) in [4.78, 5) is 4.97. The van der Waals surface area contributed by atoms with Gasteiger partial charge in [0.1, 0.15) is 0 Å². The van der Waals surface area contributed by atoms with E-state index in [1.807, 2.05) is 30.3 Å². The summed E-state index contributed by atoms with van der Waals surface area (Å²) in [5, 5.41) is 1.88. The van der Waals surface area contributed by atoms with Crippen LogP contribution < -0.4 is 0 Å². The summed E-state index contributed by atoms with van der Waals surface area (Å²) < 4.78 is 0. The number of hydrogen-bond acceptors (Lipinski definition) is 1. The molecule has 0 amide bonds. The molecule has 0 N–H and O–H groups in total. The molecule has 0 spiro atoms. The van der Waals surface area contributed by atoms with Gasteiger partial charge in [-0.3, -0.25) is 0 Å². The van der Waals surface area contributed by atoms with Crippen molar-refractivity contribution in [3.05, 3.63) is 114 Å². The normalized spacial score (nSPS) is 11.0. The Hall–Kier alpha value is -3.42. The first-order valence-corrected chi connectivity index (χ1v) is 10.4. The molecule has 0 aliphatic heterocycles. The van der Waals surface area contributed by atoms with Gasteiger partial charge in [-0.05, 0) is 59.5 Å². The molecule has 5 aromatic rings. The van der Waals surface area contributed by atoms with Crippen LogP contribution in [0.5, 0.6) is 0 Å². The van der Waals surface area contributed by atoms with Gasteiger partial charge in [0.25, 0.3) is 0 Å². The predicted octanol–water partition coefficient (Wildman–Crippen LogP) is 8.20. The lowest BCUT2D eigenvalue weighted by atomic mass is 9.95. The largest absolute Gasteiger partial charge is 0.248 e. The Bertz CT molecular complexity index is 1320. The Morgan fingerprint density at radius 3 is 2.00 bits per heavy atom. The topological polar surface area (TPSA) is 12.9 Å². The Kier molecular flexibility index (Phi) is 4.82. The molecule has 0 unspecified atom stereocenters. The van der Waals surface area contributed by atoms with Crippen molar-refractivity contribution in [3.63, 3.8) is 0 Å². The molecule has 1 heterocycles. The number of rotatable bonds is 3. The maximum atomic E-state index is 6.09. The summed E-state index contributed by atoms with van der Waals surface area (Å²) in [6.45, 7) is 2.11. The van der Waals surface area contributed by atoms with Crippen molar-refractivity contribution in [1.82, 2.24) is 4.98 Å². The van der Waals surface area contributed by atoms with Gasteiger partial charge in [0.15, 0.2) is 0 Å². The quantitative estimate of drug-likeness (QED) is 0.294. The Morgan fingerprint density at radius 1 is 0.600 bits per heavy atom. The lowest BCUT2D eigenvalue weighted by Gasteiger charge is -2.12. The molecule has 30 heavy (non-hydrogen) atoms. The van der Waals surface area contributed by atoms with Crippen molar-refractivity contribution in [2.24, 2.45) is 0 Å². The molecule has 0 saturated heterocycles. The first-order valence-electron chi connectivity index (χ1n) is 10.0. The van der Waals surface area contributed by atoms with Crippen LogP contribution in [-0.4, -0.2) is 4.98 Å². The van der Waals surface area contributed by atoms with Crippen LogP contribution in [0.3, 0.4) is 0 Å². The second-order valence-corrected chi connectivity index (χ2v) is 7.96. The molecule has 0 aliphatic carbocycles. The molecule has 0 bridgehead atoms. The van der Waals surface area contributed by atoms with Gasteiger partial charge in [-0.1, -0.05) is 90.0 Å². The SMILES string of the molecule is Cc1ccc(-c2ccc3nc(-c4ccc(Cl)cc4)cc(-c4ccccc4)c3c2)cc1. The standard InChI is InChI=1S/C28H20ClN/c1-19-7-9-20(10-8-19)23-13-16-27-26(17-23)25(21-5-3-2-4-6-21)18-28(30-27)22-11-14-24(29)15-12-22/h2-18H,1H3. The molecule has 1 aromatic heterocycles. The van der Waals surface area contributed by atoms with E-state index >= 15 is 0 Å². The maximum Gasteiger partial charge on any atom is 0.0716 e. The van der Waals surface area contributed by atoms with Crippen LogP contribution in [0, 0.1) is 6.92 Å². The summed E-state index contributed by atoms with van der Waals surface area (Å²) in [7, 11) is 0. The minimum absolute atomic E-state index is 0.727. The first-order chi connectivity index (χ1) is 14.7. The van der Waals surface area contributed by atoms with Crippen LogP contribution in [0.4, 0.5) is 0 Å². The Labute approximate surface area is 181 Å². The number of halogens is 1. The first kappa shape index (κ1) is 18.6. The van der Waals surface area contributed by atoms with Crippen LogP contribution in [0.2, 0.25) is 5.02 Å². The summed E-state index contributed by atoms with van der Waals surface area (Å²) in [5.74, 6) is 0. The number of fused-ring (bicyclic) bond motifs is 1. The highest BCUT2D eigenvalue weighted by molar-refractivity contribution is 6.30. The second-order valence-electron chi connectivity index (χ2n) is 7.53. The van der Waals surface area contributed by atoms with Gasteiger partial charge in [-0.25, -0.2) is 4.98 Å². The van der Waals surface area contributed by atoms with Crippen molar-refractivity contribution in [1.29, 1.82) is 0 Å². The molecule has 144 valence electrons. The molecule has 1 nitrogen and oxygen atoms in total. The molecule has 2 heteroatoms. The Morgan fingerprint density at radius 2 is 1.27 bits per heavy atom. The van der Waals surface area contributed by atoms with Gasteiger partial charge in [0.05, 0.1) is 11.2 Å². The number of aryl methyl sites for hydroxylation is 1. The Balaban J connectivity index is 1.74. The molecule has 0 radical (unpaired) electrons. The number of aromatic nitrogens is 1. The van der Waals surface area contributed by atoms with Crippen molar-refractivity contribution in [2.75, 3.05) is 0 Å². The van der Waals surface area contributed by atoms with E-state index < -0.39 is 0 Å². The van der Waals surface area contributed by atoms with E-state index in [9.17, 15) is 0 Å². The third-order valence-corrected chi connectivity index (χ3v) is 5.67. The zero-order valence-corrected chi connectivity index (χ0v) is 17.4. The van der Waals surface area contributed by atoms with Gasteiger partial charge in [-0.15, -0.1) is 0 Å². The molecule has 4 aromatic carbocycles. The van der Waals surface area contributed by atoms with Gasteiger partial charge >= 0.3 is 0 Å². The monoisotopic (exact) mass is 405 g/mol. The van der Waals surface area contributed by atoms with Crippen LogP contribution in [-0.2, 0) is 0 Å². The average molecular weight is 406 g/mol. The fourth-order valence-electron chi connectivity index (χ4n) is 3.78. The summed E-state index contributed by atoms with van der Waals surface area (Å²) in [6, 6.07) is 35.7. The maximum absolute atomic E-state index is 6.09. The van der Waals surface area contributed by atoms with Crippen molar-refractivity contribution >= 4 is 22.5 Å². The smallest absolute Gasteiger partial charge is 0.0716 e. The van der Waals surface area contributed by atoms with Crippen molar-refractivity contribution < 1.29 is 0 Å². The van der Waals surface area contributed by atoms with E-state index in [2.05, 4.69) is 79.7 Å². The average Bonchev–Trinajstić information content (AvgIpc) is 2.79. The summed E-state index contributed by atoms with van der Waals surface area (Å²) >= 11 is 6.09. The van der Waals surface area contributed by atoms with Gasteiger partial charge in [0.2, 0.25) is 0 Å².